The Hall–Kier alpha value is -1.93. The largest absolute Gasteiger partial charge is 0.336 e. The van der Waals surface area contributed by atoms with Gasteiger partial charge in [0.1, 0.15) is 0 Å². The molecular formula is C19H18Cl3N3O3S. The normalized spacial score (nSPS) is 11.4. The lowest BCUT2D eigenvalue weighted by Crippen LogP contribution is -2.13. The van der Waals surface area contributed by atoms with E-state index in [1.807, 2.05) is 42.9 Å². The number of rotatable bonds is 7. The molecule has 0 bridgehead atoms. The van der Waals surface area contributed by atoms with Crippen LogP contribution < -0.4 is 0 Å². The van der Waals surface area contributed by atoms with E-state index < -0.39 is 5.09 Å². The van der Waals surface area contributed by atoms with Crippen molar-refractivity contribution >= 4 is 46.6 Å². The molecule has 0 saturated heterocycles. The molecule has 1 heterocycles. The number of thioether (sulfide) groups is 1. The highest BCUT2D eigenvalue weighted by atomic mass is 35.5. The Labute approximate surface area is 187 Å². The van der Waals surface area contributed by atoms with E-state index in [9.17, 15) is 0 Å². The van der Waals surface area contributed by atoms with Crippen molar-refractivity contribution in [3.63, 3.8) is 0 Å². The first-order valence-electron chi connectivity index (χ1n) is 8.48. The van der Waals surface area contributed by atoms with Crippen molar-refractivity contribution in [1.82, 2.24) is 9.55 Å². The van der Waals surface area contributed by atoms with Crippen LogP contribution in [0.5, 0.6) is 0 Å². The maximum atomic E-state index is 8.36. The van der Waals surface area contributed by atoms with Crippen molar-refractivity contribution in [3.8, 4) is 0 Å². The molecule has 6 nitrogen and oxygen atoms in total. The molecule has 0 spiro atoms. The van der Waals surface area contributed by atoms with Gasteiger partial charge < -0.3 is 9.77 Å². The summed E-state index contributed by atoms with van der Waals surface area (Å²) in [6.45, 7) is 0.862. The zero-order valence-electron chi connectivity index (χ0n) is 15.1. The number of hydrogen-bond acceptors (Lipinski definition) is 4. The third-order valence-electron chi connectivity index (χ3n) is 3.83. The Morgan fingerprint density at radius 2 is 1.79 bits per heavy atom. The number of hydrogen-bond donors (Lipinski definition) is 1. The number of nitrogens with zero attached hydrogens (tertiary/aromatic N) is 3. The minimum absolute atomic E-state index is 0.348. The molecule has 154 valence electrons. The number of aromatic nitrogens is 2. The monoisotopic (exact) mass is 473 g/mol. The lowest BCUT2D eigenvalue weighted by molar-refractivity contribution is -0.742. The van der Waals surface area contributed by atoms with E-state index in [4.69, 9.17) is 50.1 Å². The predicted molar refractivity (Wildman–Crippen MR) is 117 cm³/mol. The highest BCUT2D eigenvalue weighted by Gasteiger charge is 2.14. The van der Waals surface area contributed by atoms with E-state index in [2.05, 4.69) is 21.7 Å². The highest BCUT2D eigenvalue weighted by molar-refractivity contribution is 8.00. The van der Waals surface area contributed by atoms with E-state index in [1.165, 1.54) is 5.56 Å². The zero-order chi connectivity index (χ0) is 21.2. The predicted octanol–water partition coefficient (Wildman–Crippen LogP) is 6.29. The molecule has 0 amide bonds. The standard InChI is InChI=1S/C19H17Cl3N2S.HNO3/c20-15-4-1-14(2-5-15)3-7-17(12-24-10-9-23-13-24)25-19-11-16(21)6-8-18(19)22;2-1(3)4/h1-2,4-6,8-11,13,17H,3,7,12H2;(H,2,3,4). The van der Waals surface area contributed by atoms with Crippen LogP contribution in [0.25, 0.3) is 0 Å². The smallest absolute Gasteiger partial charge is 0.291 e. The van der Waals surface area contributed by atoms with Gasteiger partial charge >= 0.3 is 0 Å². The zero-order valence-corrected chi connectivity index (χ0v) is 18.2. The van der Waals surface area contributed by atoms with Crippen LogP contribution in [0.3, 0.4) is 0 Å². The fraction of sp³-hybridized carbons (Fsp3) is 0.211. The van der Waals surface area contributed by atoms with Crippen molar-refractivity contribution in [2.45, 2.75) is 29.5 Å². The van der Waals surface area contributed by atoms with E-state index in [-0.39, 0.29) is 0 Å². The third-order valence-corrected chi connectivity index (χ3v) is 6.07. The maximum absolute atomic E-state index is 8.36. The Bertz CT molecular complexity index is 905. The van der Waals surface area contributed by atoms with E-state index in [0.29, 0.717) is 10.3 Å². The molecule has 0 aliphatic rings. The van der Waals surface area contributed by atoms with Crippen molar-refractivity contribution in [2.24, 2.45) is 0 Å². The van der Waals surface area contributed by atoms with Crippen molar-refractivity contribution in [3.05, 3.63) is 91.9 Å². The summed E-state index contributed by atoms with van der Waals surface area (Å²) in [5.41, 5.74) is 1.28. The molecule has 1 aromatic heterocycles. The van der Waals surface area contributed by atoms with Gasteiger partial charge in [0.2, 0.25) is 0 Å². The molecule has 0 radical (unpaired) electrons. The molecular weight excluding hydrogens is 457 g/mol. The minimum Gasteiger partial charge on any atom is -0.336 e. The Morgan fingerprint density at radius 3 is 2.41 bits per heavy atom. The van der Waals surface area contributed by atoms with Gasteiger partial charge in [-0.1, -0.05) is 46.9 Å². The first kappa shape index (κ1) is 23.3. The summed E-state index contributed by atoms with van der Waals surface area (Å²) in [6, 6.07) is 13.6. The molecule has 0 aliphatic carbocycles. The summed E-state index contributed by atoms with van der Waals surface area (Å²) < 4.78 is 2.10. The lowest BCUT2D eigenvalue weighted by atomic mass is 10.1. The van der Waals surface area contributed by atoms with E-state index in [1.54, 1.807) is 18.0 Å². The van der Waals surface area contributed by atoms with Gasteiger partial charge in [-0.25, -0.2) is 4.98 Å². The first-order valence-corrected chi connectivity index (χ1v) is 10.5. The Balaban J connectivity index is 0.000000687. The summed E-state index contributed by atoms with van der Waals surface area (Å²) in [7, 11) is 0. The molecule has 0 fully saturated rings. The SMILES string of the molecule is Clc1ccc(CCC(Cn2ccnc2)Sc2cc(Cl)ccc2Cl)cc1.O=[N+]([O-])O. The van der Waals surface area contributed by atoms with Crippen LogP contribution >= 0.6 is 46.6 Å². The van der Waals surface area contributed by atoms with E-state index in [0.717, 1.165) is 34.3 Å². The average molecular weight is 475 g/mol. The molecule has 3 aromatic rings. The van der Waals surface area contributed by atoms with Crippen LogP contribution in [0.2, 0.25) is 15.1 Å². The Morgan fingerprint density at radius 1 is 1.14 bits per heavy atom. The van der Waals surface area contributed by atoms with Crippen LogP contribution in [0, 0.1) is 10.1 Å². The average Bonchev–Trinajstić information content (AvgIpc) is 3.16. The molecule has 1 N–H and O–H groups in total. The third kappa shape index (κ3) is 8.95. The number of aryl methyl sites for hydroxylation is 1. The van der Waals surface area contributed by atoms with Gasteiger partial charge in [0, 0.05) is 39.1 Å². The second-order valence-electron chi connectivity index (χ2n) is 5.98. The fourth-order valence-corrected chi connectivity index (χ4v) is 4.37. The molecule has 0 aliphatic heterocycles. The highest BCUT2D eigenvalue weighted by Crippen LogP contribution is 2.35. The molecule has 1 atom stereocenters. The quantitative estimate of drug-likeness (QED) is 0.247. The van der Waals surface area contributed by atoms with Crippen LogP contribution in [-0.4, -0.2) is 25.1 Å². The van der Waals surface area contributed by atoms with Gasteiger partial charge in [0.25, 0.3) is 5.09 Å². The fourth-order valence-electron chi connectivity index (χ4n) is 2.54. The van der Waals surface area contributed by atoms with Gasteiger partial charge in [0.15, 0.2) is 0 Å². The molecule has 29 heavy (non-hydrogen) atoms. The van der Waals surface area contributed by atoms with Gasteiger partial charge in [0.05, 0.1) is 11.3 Å². The number of benzene rings is 2. The molecule has 2 aromatic carbocycles. The minimum atomic E-state index is -1.50. The van der Waals surface area contributed by atoms with Gasteiger partial charge in [-0.3, -0.25) is 0 Å². The van der Waals surface area contributed by atoms with Crippen LogP contribution in [0.1, 0.15) is 12.0 Å². The van der Waals surface area contributed by atoms with Crippen LogP contribution in [0.4, 0.5) is 0 Å². The summed E-state index contributed by atoms with van der Waals surface area (Å²) in [5, 5.41) is 16.2. The van der Waals surface area contributed by atoms with Crippen molar-refractivity contribution in [1.29, 1.82) is 0 Å². The maximum Gasteiger partial charge on any atom is 0.291 e. The topological polar surface area (TPSA) is 81.2 Å². The van der Waals surface area contributed by atoms with Crippen molar-refractivity contribution in [2.75, 3.05) is 0 Å². The number of imidazole rings is 1. The molecule has 0 saturated carbocycles. The second kappa shape index (κ2) is 11.9. The molecule has 3 rings (SSSR count). The van der Waals surface area contributed by atoms with Gasteiger partial charge in [-0.15, -0.1) is 21.9 Å². The van der Waals surface area contributed by atoms with Crippen LogP contribution in [-0.2, 0) is 13.0 Å². The summed E-state index contributed by atoms with van der Waals surface area (Å²) in [4.78, 5) is 13.5. The second-order valence-corrected chi connectivity index (χ2v) is 8.60. The molecule has 10 heteroatoms. The van der Waals surface area contributed by atoms with Crippen LogP contribution in [0.15, 0.2) is 66.1 Å². The summed E-state index contributed by atoms with van der Waals surface area (Å²) >= 11 is 20.2. The Kier molecular flexibility index (Phi) is 9.60. The summed E-state index contributed by atoms with van der Waals surface area (Å²) in [6.07, 6.45) is 7.60. The van der Waals surface area contributed by atoms with E-state index >= 15 is 0 Å². The van der Waals surface area contributed by atoms with Gasteiger partial charge in [-0.2, -0.15) is 0 Å². The van der Waals surface area contributed by atoms with Crippen molar-refractivity contribution < 1.29 is 10.3 Å². The number of halogens is 3. The summed E-state index contributed by atoms with van der Waals surface area (Å²) in [5.74, 6) is 0. The van der Waals surface area contributed by atoms with Gasteiger partial charge in [-0.05, 0) is 48.7 Å². The molecule has 1 unspecified atom stereocenters. The lowest BCUT2D eigenvalue weighted by Gasteiger charge is -2.18. The first-order chi connectivity index (χ1) is 13.8.